The van der Waals surface area contributed by atoms with Crippen molar-refractivity contribution in [2.24, 2.45) is 0 Å². The Kier molecular flexibility index (Phi) is 5.37. The molecule has 0 saturated carbocycles. The zero-order chi connectivity index (χ0) is 18.5. The topological polar surface area (TPSA) is 50.2 Å². The van der Waals surface area contributed by atoms with Crippen molar-refractivity contribution >= 4 is 22.6 Å². The minimum atomic E-state index is -0.0268. The summed E-state index contributed by atoms with van der Waals surface area (Å²) in [5, 5.41) is 4.32. The highest BCUT2D eigenvalue weighted by Crippen LogP contribution is 2.21. The van der Waals surface area contributed by atoms with Crippen LogP contribution in [0.3, 0.4) is 0 Å². The van der Waals surface area contributed by atoms with E-state index in [9.17, 15) is 4.79 Å². The molecule has 0 spiro atoms. The maximum absolute atomic E-state index is 12.7. The van der Waals surface area contributed by atoms with Crippen molar-refractivity contribution in [3.63, 3.8) is 0 Å². The monoisotopic (exact) mass is 362 g/mol. The number of anilines is 1. The van der Waals surface area contributed by atoms with Gasteiger partial charge in [-0.3, -0.25) is 4.79 Å². The van der Waals surface area contributed by atoms with Crippen molar-refractivity contribution in [1.82, 2.24) is 14.9 Å². The Morgan fingerprint density at radius 2 is 1.89 bits per heavy atom. The number of hydrogen-bond donors (Lipinski definition) is 1. The molecule has 1 amide bonds. The highest BCUT2D eigenvalue weighted by molar-refractivity contribution is 5.98. The number of hydrogen-bond acceptors (Lipinski definition) is 3. The maximum atomic E-state index is 12.7. The number of benzene rings is 1. The molecule has 5 heteroatoms. The van der Waals surface area contributed by atoms with Crippen LogP contribution in [-0.2, 0) is 6.54 Å². The van der Waals surface area contributed by atoms with E-state index < -0.39 is 0 Å². The first kappa shape index (κ1) is 17.6. The lowest BCUT2D eigenvalue weighted by atomic mass is 10.1. The number of para-hydroxylation sites is 1. The van der Waals surface area contributed by atoms with Crippen molar-refractivity contribution in [3.05, 3.63) is 60.4 Å². The SMILES string of the molecule is O=C(NCCCn1ccc2ccccc21)c1cccnc1N1CCCCC1. The Balaban J connectivity index is 1.34. The number of nitrogens with zero attached hydrogens (tertiary/aromatic N) is 3. The minimum absolute atomic E-state index is 0.0268. The predicted molar refractivity (Wildman–Crippen MR) is 109 cm³/mol. The Morgan fingerprint density at radius 3 is 2.78 bits per heavy atom. The van der Waals surface area contributed by atoms with Crippen LogP contribution in [0.2, 0.25) is 0 Å². The summed E-state index contributed by atoms with van der Waals surface area (Å²) >= 11 is 0. The summed E-state index contributed by atoms with van der Waals surface area (Å²) in [7, 11) is 0. The van der Waals surface area contributed by atoms with Gasteiger partial charge in [0.2, 0.25) is 0 Å². The largest absolute Gasteiger partial charge is 0.356 e. The third-order valence-corrected chi connectivity index (χ3v) is 5.23. The number of pyridine rings is 1. The van der Waals surface area contributed by atoms with Crippen molar-refractivity contribution in [2.45, 2.75) is 32.2 Å². The highest BCUT2D eigenvalue weighted by Gasteiger charge is 2.19. The van der Waals surface area contributed by atoms with Gasteiger partial charge >= 0.3 is 0 Å². The summed E-state index contributed by atoms with van der Waals surface area (Å²) in [5.41, 5.74) is 1.93. The molecule has 0 radical (unpaired) electrons. The van der Waals surface area contributed by atoms with Crippen LogP contribution >= 0.6 is 0 Å². The average molecular weight is 362 g/mol. The smallest absolute Gasteiger partial charge is 0.255 e. The van der Waals surface area contributed by atoms with E-state index in [0.717, 1.165) is 31.9 Å². The lowest BCUT2D eigenvalue weighted by Gasteiger charge is -2.29. The molecule has 4 rings (SSSR count). The molecule has 0 unspecified atom stereocenters. The quantitative estimate of drug-likeness (QED) is 0.678. The first-order chi connectivity index (χ1) is 13.3. The van der Waals surface area contributed by atoms with Gasteiger partial charge < -0.3 is 14.8 Å². The van der Waals surface area contributed by atoms with Gasteiger partial charge in [0, 0.05) is 44.1 Å². The van der Waals surface area contributed by atoms with Crippen molar-refractivity contribution in [3.8, 4) is 0 Å². The Morgan fingerprint density at radius 1 is 1.04 bits per heavy atom. The number of fused-ring (bicyclic) bond motifs is 1. The molecule has 1 saturated heterocycles. The van der Waals surface area contributed by atoms with E-state index in [1.54, 1.807) is 6.20 Å². The summed E-state index contributed by atoms with van der Waals surface area (Å²) in [5.74, 6) is 0.798. The summed E-state index contributed by atoms with van der Waals surface area (Å²) in [6.07, 6.45) is 8.38. The van der Waals surface area contributed by atoms with Crippen LogP contribution in [0.1, 0.15) is 36.0 Å². The second kappa shape index (κ2) is 8.25. The first-order valence-electron chi connectivity index (χ1n) is 9.85. The molecule has 27 heavy (non-hydrogen) atoms. The number of piperidine rings is 1. The van der Waals surface area contributed by atoms with E-state index >= 15 is 0 Å². The van der Waals surface area contributed by atoms with E-state index in [0.29, 0.717) is 12.1 Å². The Labute approximate surface area is 160 Å². The lowest BCUT2D eigenvalue weighted by molar-refractivity contribution is 0.0953. The van der Waals surface area contributed by atoms with Gasteiger partial charge in [0.25, 0.3) is 5.91 Å². The minimum Gasteiger partial charge on any atom is -0.356 e. The van der Waals surface area contributed by atoms with Gasteiger partial charge in [-0.25, -0.2) is 4.98 Å². The number of amides is 1. The zero-order valence-corrected chi connectivity index (χ0v) is 15.6. The van der Waals surface area contributed by atoms with Crippen molar-refractivity contribution < 1.29 is 4.79 Å². The van der Waals surface area contributed by atoms with E-state index in [-0.39, 0.29) is 5.91 Å². The molecule has 1 aliphatic rings. The molecule has 0 atom stereocenters. The number of aromatic nitrogens is 2. The van der Waals surface area contributed by atoms with Crippen LogP contribution < -0.4 is 10.2 Å². The van der Waals surface area contributed by atoms with Gasteiger partial charge in [0.1, 0.15) is 5.82 Å². The van der Waals surface area contributed by atoms with E-state index in [2.05, 4.69) is 56.3 Å². The number of carbonyl (C=O) groups excluding carboxylic acids is 1. The molecule has 3 heterocycles. The third-order valence-electron chi connectivity index (χ3n) is 5.23. The zero-order valence-electron chi connectivity index (χ0n) is 15.6. The summed E-state index contributed by atoms with van der Waals surface area (Å²) in [6, 6.07) is 14.2. The summed E-state index contributed by atoms with van der Waals surface area (Å²) in [4.78, 5) is 19.4. The van der Waals surface area contributed by atoms with Crippen LogP contribution in [0.25, 0.3) is 10.9 Å². The summed E-state index contributed by atoms with van der Waals surface area (Å²) < 4.78 is 2.24. The molecule has 5 nitrogen and oxygen atoms in total. The number of aryl methyl sites for hydroxylation is 1. The molecule has 2 aromatic heterocycles. The molecule has 140 valence electrons. The molecular formula is C22H26N4O. The average Bonchev–Trinajstić information content (AvgIpc) is 3.15. The fraction of sp³-hybridized carbons (Fsp3) is 0.364. The van der Waals surface area contributed by atoms with Crippen molar-refractivity contribution in [1.29, 1.82) is 0 Å². The van der Waals surface area contributed by atoms with Gasteiger partial charge in [-0.15, -0.1) is 0 Å². The number of carbonyl (C=O) groups is 1. The second-order valence-electron chi connectivity index (χ2n) is 7.10. The van der Waals surface area contributed by atoms with Crippen LogP contribution in [0, 0.1) is 0 Å². The summed E-state index contributed by atoms with van der Waals surface area (Å²) in [6.45, 7) is 3.51. The molecule has 1 aliphatic heterocycles. The Hall–Kier alpha value is -2.82. The molecule has 0 bridgehead atoms. The van der Waals surface area contributed by atoms with Crippen LogP contribution in [-0.4, -0.2) is 35.1 Å². The number of rotatable bonds is 6. The molecule has 1 aromatic carbocycles. The molecule has 1 N–H and O–H groups in total. The van der Waals surface area contributed by atoms with Gasteiger partial charge in [-0.05, 0) is 55.3 Å². The normalized spacial score (nSPS) is 14.4. The predicted octanol–water partition coefficient (Wildman–Crippen LogP) is 3.85. The van der Waals surface area contributed by atoms with Gasteiger partial charge in [-0.1, -0.05) is 18.2 Å². The van der Waals surface area contributed by atoms with E-state index in [1.165, 1.54) is 30.2 Å². The standard InChI is InChI=1S/C22H26N4O/c27-22(19-9-6-12-23-21(19)26-14-4-1-5-15-26)24-13-7-16-25-17-11-18-8-2-3-10-20(18)25/h2-3,6,8-12,17H,1,4-5,7,13-16H2,(H,24,27). The Bertz CT molecular complexity index is 911. The van der Waals surface area contributed by atoms with Gasteiger partial charge in [0.15, 0.2) is 0 Å². The third kappa shape index (κ3) is 3.97. The molecule has 0 aliphatic carbocycles. The van der Waals surface area contributed by atoms with Gasteiger partial charge in [-0.2, -0.15) is 0 Å². The lowest BCUT2D eigenvalue weighted by Crippen LogP contribution is -2.33. The molecule has 3 aromatic rings. The number of nitrogens with one attached hydrogen (secondary N) is 1. The van der Waals surface area contributed by atoms with E-state index in [4.69, 9.17) is 0 Å². The maximum Gasteiger partial charge on any atom is 0.255 e. The van der Waals surface area contributed by atoms with Crippen LogP contribution in [0.15, 0.2) is 54.9 Å². The molecular weight excluding hydrogens is 336 g/mol. The fourth-order valence-electron chi connectivity index (χ4n) is 3.81. The van der Waals surface area contributed by atoms with Gasteiger partial charge in [0.05, 0.1) is 5.56 Å². The first-order valence-corrected chi connectivity index (χ1v) is 9.85. The highest BCUT2D eigenvalue weighted by atomic mass is 16.1. The van der Waals surface area contributed by atoms with Crippen LogP contribution in [0.4, 0.5) is 5.82 Å². The fourth-order valence-corrected chi connectivity index (χ4v) is 3.81. The van der Waals surface area contributed by atoms with E-state index in [1.807, 2.05) is 12.1 Å². The second-order valence-corrected chi connectivity index (χ2v) is 7.10. The van der Waals surface area contributed by atoms with Crippen molar-refractivity contribution in [2.75, 3.05) is 24.5 Å². The molecule has 1 fully saturated rings. The van der Waals surface area contributed by atoms with Crippen LogP contribution in [0.5, 0.6) is 0 Å².